The normalized spacial score (nSPS) is 10.2. The summed E-state index contributed by atoms with van der Waals surface area (Å²) in [6.07, 6.45) is 0.775. The first-order valence-corrected chi connectivity index (χ1v) is 6.46. The lowest BCUT2D eigenvalue weighted by atomic mass is 10.2. The van der Waals surface area contributed by atoms with E-state index < -0.39 is 0 Å². The molecule has 0 radical (unpaired) electrons. The Labute approximate surface area is 119 Å². The summed E-state index contributed by atoms with van der Waals surface area (Å²) < 4.78 is 15.5. The first kappa shape index (κ1) is 16.3. The van der Waals surface area contributed by atoms with E-state index in [4.69, 9.17) is 19.9 Å². The number of hydrogen-bond donors (Lipinski definition) is 2. The van der Waals surface area contributed by atoms with E-state index in [1.165, 1.54) is 0 Å². The molecule has 6 heteroatoms. The number of rotatable bonds is 9. The van der Waals surface area contributed by atoms with Gasteiger partial charge in [-0.05, 0) is 24.1 Å². The van der Waals surface area contributed by atoms with E-state index in [9.17, 15) is 4.79 Å². The summed E-state index contributed by atoms with van der Waals surface area (Å²) in [6, 6.07) is 5.39. The molecule has 1 aromatic rings. The Morgan fingerprint density at radius 3 is 2.75 bits per heavy atom. The number of hydrogen-bond acceptors (Lipinski definition) is 5. The van der Waals surface area contributed by atoms with Crippen LogP contribution in [0.15, 0.2) is 18.2 Å². The zero-order chi connectivity index (χ0) is 14.8. The van der Waals surface area contributed by atoms with Crippen LogP contribution in [0.3, 0.4) is 0 Å². The monoisotopic (exact) mass is 282 g/mol. The Balaban J connectivity index is 2.42. The average Bonchev–Trinajstić information content (AvgIpc) is 2.49. The molecule has 3 N–H and O–H groups in total. The minimum absolute atomic E-state index is 0.0503. The van der Waals surface area contributed by atoms with Crippen molar-refractivity contribution in [2.24, 2.45) is 5.73 Å². The summed E-state index contributed by atoms with van der Waals surface area (Å²) in [4.78, 5) is 11.6. The van der Waals surface area contributed by atoms with Gasteiger partial charge >= 0.3 is 0 Å². The fraction of sp³-hybridized carbons (Fsp3) is 0.500. The Bertz CT molecular complexity index is 424. The lowest BCUT2D eigenvalue weighted by molar-refractivity contribution is -0.123. The molecule has 0 aromatic heterocycles. The zero-order valence-electron chi connectivity index (χ0n) is 12.0. The standard InChI is InChI=1S/C14H22N2O4/c1-18-7-3-6-16-14(17)10-20-12-5-4-11(9-15)8-13(12)19-2/h4-5,8H,3,6-7,9-10,15H2,1-2H3,(H,16,17). The minimum atomic E-state index is -0.175. The van der Waals surface area contributed by atoms with Gasteiger partial charge in [-0.25, -0.2) is 0 Å². The Kier molecular flexibility index (Phi) is 7.46. The molecule has 0 fully saturated rings. The van der Waals surface area contributed by atoms with Gasteiger partial charge < -0.3 is 25.3 Å². The third kappa shape index (κ3) is 5.46. The van der Waals surface area contributed by atoms with Gasteiger partial charge in [-0.15, -0.1) is 0 Å². The van der Waals surface area contributed by atoms with Gasteiger partial charge in [-0.3, -0.25) is 4.79 Å². The lowest BCUT2D eigenvalue weighted by Crippen LogP contribution is -2.30. The van der Waals surface area contributed by atoms with Gasteiger partial charge in [0.15, 0.2) is 18.1 Å². The van der Waals surface area contributed by atoms with E-state index in [2.05, 4.69) is 5.32 Å². The first-order valence-electron chi connectivity index (χ1n) is 6.46. The number of carbonyl (C=O) groups is 1. The smallest absolute Gasteiger partial charge is 0.257 e. The van der Waals surface area contributed by atoms with E-state index >= 15 is 0 Å². The van der Waals surface area contributed by atoms with Crippen molar-refractivity contribution >= 4 is 5.91 Å². The molecular weight excluding hydrogens is 260 g/mol. The lowest BCUT2D eigenvalue weighted by Gasteiger charge is -2.11. The van der Waals surface area contributed by atoms with Crippen LogP contribution in [0.25, 0.3) is 0 Å². The highest BCUT2D eigenvalue weighted by atomic mass is 16.5. The maximum atomic E-state index is 11.6. The predicted molar refractivity (Wildman–Crippen MR) is 75.9 cm³/mol. The summed E-state index contributed by atoms with van der Waals surface area (Å²) in [5.74, 6) is 0.919. The number of nitrogens with one attached hydrogen (secondary N) is 1. The molecule has 0 aliphatic carbocycles. The number of nitrogens with two attached hydrogens (primary N) is 1. The predicted octanol–water partition coefficient (Wildman–Crippen LogP) is 0.685. The number of methoxy groups -OCH3 is 2. The van der Waals surface area contributed by atoms with Gasteiger partial charge in [0, 0.05) is 26.8 Å². The maximum absolute atomic E-state index is 11.6. The summed E-state index contributed by atoms with van der Waals surface area (Å²) in [6.45, 7) is 1.57. The van der Waals surface area contributed by atoms with E-state index in [1.807, 2.05) is 6.07 Å². The topological polar surface area (TPSA) is 82.8 Å². The van der Waals surface area contributed by atoms with Gasteiger partial charge in [0.2, 0.25) is 0 Å². The second kappa shape index (κ2) is 9.17. The molecule has 0 saturated heterocycles. The van der Waals surface area contributed by atoms with Crippen molar-refractivity contribution in [2.45, 2.75) is 13.0 Å². The highest BCUT2D eigenvalue weighted by Gasteiger charge is 2.08. The van der Waals surface area contributed by atoms with Crippen molar-refractivity contribution in [3.8, 4) is 11.5 Å². The highest BCUT2D eigenvalue weighted by molar-refractivity contribution is 5.77. The molecular formula is C14H22N2O4. The number of amides is 1. The maximum Gasteiger partial charge on any atom is 0.257 e. The molecule has 0 atom stereocenters. The summed E-state index contributed by atoms with van der Waals surface area (Å²) in [5, 5.41) is 2.74. The van der Waals surface area contributed by atoms with Crippen molar-refractivity contribution < 1.29 is 19.0 Å². The van der Waals surface area contributed by atoms with Crippen LogP contribution in [-0.2, 0) is 16.1 Å². The van der Waals surface area contributed by atoms with Crippen LogP contribution in [0.5, 0.6) is 11.5 Å². The van der Waals surface area contributed by atoms with Crippen molar-refractivity contribution in [1.29, 1.82) is 0 Å². The molecule has 0 aliphatic rings. The molecule has 0 spiro atoms. The van der Waals surface area contributed by atoms with Gasteiger partial charge in [-0.1, -0.05) is 6.07 Å². The van der Waals surface area contributed by atoms with Crippen LogP contribution in [0.4, 0.5) is 0 Å². The van der Waals surface area contributed by atoms with Crippen LogP contribution in [0, 0.1) is 0 Å². The summed E-state index contributed by atoms with van der Waals surface area (Å²) >= 11 is 0. The van der Waals surface area contributed by atoms with Gasteiger partial charge in [0.05, 0.1) is 7.11 Å². The Morgan fingerprint density at radius 2 is 2.10 bits per heavy atom. The molecule has 0 unspecified atom stereocenters. The quantitative estimate of drug-likeness (QED) is 0.651. The molecule has 112 valence electrons. The van der Waals surface area contributed by atoms with E-state index in [-0.39, 0.29) is 12.5 Å². The van der Waals surface area contributed by atoms with Crippen LogP contribution >= 0.6 is 0 Å². The second-order valence-electron chi connectivity index (χ2n) is 4.17. The molecule has 1 amide bonds. The third-order valence-electron chi connectivity index (χ3n) is 2.67. The molecule has 0 heterocycles. The molecule has 1 rings (SSSR count). The molecule has 20 heavy (non-hydrogen) atoms. The Hall–Kier alpha value is -1.79. The van der Waals surface area contributed by atoms with Crippen LogP contribution in [0.1, 0.15) is 12.0 Å². The first-order chi connectivity index (χ1) is 9.71. The fourth-order valence-corrected chi connectivity index (χ4v) is 1.60. The molecule has 0 saturated carbocycles. The molecule has 1 aromatic carbocycles. The van der Waals surface area contributed by atoms with Crippen LogP contribution in [-0.4, -0.2) is 39.9 Å². The van der Waals surface area contributed by atoms with Gasteiger partial charge in [0.1, 0.15) is 0 Å². The van der Waals surface area contributed by atoms with Crippen LogP contribution in [0.2, 0.25) is 0 Å². The summed E-state index contributed by atoms with van der Waals surface area (Å²) in [7, 11) is 3.18. The Morgan fingerprint density at radius 1 is 1.30 bits per heavy atom. The highest BCUT2D eigenvalue weighted by Crippen LogP contribution is 2.27. The van der Waals surface area contributed by atoms with Gasteiger partial charge in [0.25, 0.3) is 5.91 Å². The largest absolute Gasteiger partial charge is 0.493 e. The van der Waals surface area contributed by atoms with E-state index in [0.29, 0.717) is 31.2 Å². The molecule has 0 bridgehead atoms. The van der Waals surface area contributed by atoms with Crippen molar-refractivity contribution in [2.75, 3.05) is 34.0 Å². The number of benzene rings is 1. The number of carbonyl (C=O) groups excluding carboxylic acids is 1. The minimum Gasteiger partial charge on any atom is -0.493 e. The third-order valence-corrected chi connectivity index (χ3v) is 2.67. The van der Waals surface area contributed by atoms with Gasteiger partial charge in [-0.2, -0.15) is 0 Å². The summed E-state index contributed by atoms with van der Waals surface area (Å²) in [5.41, 5.74) is 6.50. The van der Waals surface area contributed by atoms with Crippen molar-refractivity contribution in [1.82, 2.24) is 5.32 Å². The second-order valence-corrected chi connectivity index (χ2v) is 4.17. The molecule has 0 aliphatic heterocycles. The van der Waals surface area contributed by atoms with E-state index in [1.54, 1.807) is 26.4 Å². The van der Waals surface area contributed by atoms with Crippen molar-refractivity contribution in [3.63, 3.8) is 0 Å². The zero-order valence-corrected chi connectivity index (χ0v) is 12.0. The fourth-order valence-electron chi connectivity index (χ4n) is 1.60. The number of ether oxygens (including phenoxy) is 3. The van der Waals surface area contributed by atoms with E-state index in [0.717, 1.165) is 12.0 Å². The average molecular weight is 282 g/mol. The SMILES string of the molecule is COCCCNC(=O)COc1ccc(CN)cc1OC. The van der Waals surface area contributed by atoms with Crippen molar-refractivity contribution in [3.05, 3.63) is 23.8 Å². The molecule has 6 nitrogen and oxygen atoms in total. The van der Waals surface area contributed by atoms with Crippen LogP contribution < -0.4 is 20.5 Å².